The molecule has 2 aromatic carbocycles. The number of para-hydroxylation sites is 1. The van der Waals surface area contributed by atoms with Gasteiger partial charge in [0.05, 0.1) is 12.8 Å². The Morgan fingerprint density at radius 3 is 2.86 bits per heavy atom. The molecule has 4 rings (SSSR count). The van der Waals surface area contributed by atoms with Crippen molar-refractivity contribution in [2.75, 3.05) is 7.11 Å². The molecule has 2 heterocycles. The first-order valence-corrected chi connectivity index (χ1v) is 8.93. The second kappa shape index (κ2) is 7.93. The van der Waals surface area contributed by atoms with E-state index in [2.05, 4.69) is 25.8 Å². The zero-order valence-electron chi connectivity index (χ0n) is 15.6. The van der Waals surface area contributed by atoms with Gasteiger partial charge < -0.3 is 15.0 Å². The molecule has 29 heavy (non-hydrogen) atoms. The Morgan fingerprint density at radius 1 is 1.21 bits per heavy atom. The van der Waals surface area contributed by atoms with E-state index in [9.17, 15) is 9.59 Å². The summed E-state index contributed by atoms with van der Waals surface area (Å²) in [6.07, 6.45) is 3.57. The van der Waals surface area contributed by atoms with Crippen LogP contribution >= 0.6 is 0 Å². The Kier molecular flexibility index (Phi) is 5.02. The minimum atomic E-state index is -0.830. The minimum Gasteiger partial charge on any atom is -0.467 e. The van der Waals surface area contributed by atoms with Crippen LogP contribution < -0.4 is 5.32 Å². The highest BCUT2D eigenvalue weighted by atomic mass is 16.5. The van der Waals surface area contributed by atoms with Crippen LogP contribution in [0.15, 0.2) is 61.1 Å². The normalized spacial score (nSPS) is 11.9. The maximum atomic E-state index is 12.8. The number of hydrogen-bond donors (Lipinski definition) is 2. The van der Waals surface area contributed by atoms with Crippen LogP contribution in [0, 0.1) is 0 Å². The number of tetrazole rings is 1. The predicted molar refractivity (Wildman–Crippen MR) is 104 cm³/mol. The molecule has 9 heteroatoms. The van der Waals surface area contributed by atoms with Crippen molar-refractivity contribution >= 4 is 22.8 Å². The van der Waals surface area contributed by atoms with E-state index in [1.165, 1.54) is 18.1 Å². The number of methoxy groups -OCH3 is 1. The first-order valence-electron chi connectivity index (χ1n) is 8.93. The van der Waals surface area contributed by atoms with Crippen molar-refractivity contribution in [3.8, 4) is 5.69 Å². The van der Waals surface area contributed by atoms with Gasteiger partial charge >= 0.3 is 5.97 Å². The molecule has 2 aromatic heterocycles. The molecule has 0 unspecified atom stereocenters. The first kappa shape index (κ1) is 18.4. The molecule has 0 aliphatic carbocycles. The number of ether oxygens (including phenoxy) is 1. The Balaban J connectivity index is 1.56. The van der Waals surface area contributed by atoms with Crippen LogP contribution in [0.25, 0.3) is 16.6 Å². The van der Waals surface area contributed by atoms with E-state index in [1.54, 1.807) is 24.3 Å². The zero-order valence-corrected chi connectivity index (χ0v) is 15.6. The highest BCUT2D eigenvalue weighted by Gasteiger charge is 2.24. The Morgan fingerprint density at radius 2 is 2.07 bits per heavy atom. The quantitative estimate of drug-likeness (QED) is 0.484. The number of amides is 1. The lowest BCUT2D eigenvalue weighted by Gasteiger charge is -2.16. The van der Waals surface area contributed by atoms with Crippen LogP contribution in [0.1, 0.15) is 15.9 Å². The minimum absolute atomic E-state index is 0.301. The molecular weight excluding hydrogens is 372 g/mol. The number of carbonyl (C=O) groups is 2. The van der Waals surface area contributed by atoms with E-state index in [4.69, 9.17) is 4.74 Å². The number of benzene rings is 2. The van der Waals surface area contributed by atoms with E-state index < -0.39 is 17.9 Å². The van der Waals surface area contributed by atoms with Gasteiger partial charge in [-0.2, -0.15) is 0 Å². The molecule has 9 nitrogen and oxygen atoms in total. The highest BCUT2D eigenvalue weighted by Crippen LogP contribution is 2.19. The summed E-state index contributed by atoms with van der Waals surface area (Å²) in [7, 11) is 1.30. The zero-order chi connectivity index (χ0) is 20.2. The largest absolute Gasteiger partial charge is 0.467 e. The number of nitrogens with zero attached hydrogens (tertiary/aromatic N) is 4. The fourth-order valence-corrected chi connectivity index (χ4v) is 3.17. The number of rotatable bonds is 6. The summed E-state index contributed by atoms with van der Waals surface area (Å²) in [5.41, 5.74) is 2.89. The molecule has 0 spiro atoms. The molecule has 0 saturated carbocycles. The Hall–Kier alpha value is -4.01. The van der Waals surface area contributed by atoms with Crippen molar-refractivity contribution in [1.82, 2.24) is 30.5 Å². The summed E-state index contributed by atoms with van der Waals surface area (Å²) in [6, 6.07) is 13.7. The number of fused-ring (bicyclic) bond motifs is 1. The molecular formula is C20H18N6O3. The lowest BCUT2D eigenvalue weighted by Crippen LogP contribution is -2.43. The van der Waals surface area contributed by atoms with Crippen LogP contribution in [-0.4, -0.2) is 50.2 Å². The number of nitrogens with one attached hydrogen (secondary N) is 2. The van der Waals surface area contributed by atoms with Crippen molar-refractivity contribution in [3.05, 3.63) is 72.2 Å². The van der Waals surface area contributed by atoms with E-state index in [-0.39, 0.29) is 0 Å². The van der Waals surface area contributed by atoms with Crippen molar-refractivity contribution in [2.24, 2.45) is 0 Å². The van der Waals surface area contributed by atoms with Crippen molar-refractivity contribution in [2.45, 2.75) is 12.5 Å². The van der Waals surface area contributed by atoms with Crippen LogP contribution in [0.2, 0.25) is 0 Å². The highest BCUT2D eigenvalue weighted by molar-refractivity contribution is 5.97. The molecule has 2 N–H and O–H groups in total. The number of aromatic nitrogens is 5. The molecule has 0 aliphatic heterocycles. The molecule has 146 valence electrons. The molecule has 0 radical (unpaired) electrons. The van der Waals surface area contributed by atoms with Crippen LogP contribution in [-0.2, 0) is 16.0 Å². The molecule has 4 aromatic rings. The van der Waals surface area contributed by atoms with Gasteiger partial charge in [0.2, 0.25) is 0 Å². The van der Waals surface area contributed by atoms with Gasteiger partial charge in [-0.25, -0.2) is 9.48 Å². The summed E-state index contributed by atoms with van der Waals surface area (Å²) >= 11 is 0. The second-order valence-corrected chi connectivity index (χ2v) is 6.42. The van der Waals surface area contributed by atoms with Gasteiger partial charge in [-0.15, -0.1) is 5.10 Å². The third-order valence-corrected chi connectivity index (χ3v) is 4.61. The number of aromatic amines is 1. The Bertz CT molecular complexity index is 1150. The van der Waals surface area contributed by atoms with Gasteiger partial charge in [0.25, 0.3) is 5.91 Å². The van der Waals surface area contributed by atoms with E-state index in [1.807, 2.05) is 30.5 Å². The van der Waals surface area contributed by atoms with Crippen molar-refractivity contribution in [3.63, 3.8) is 0 Å². The molecule has 0 bridgehead atoms. The van der Waals surface area contributed by atoms with E-state index in [0.29, 0.717) is 17.7 Å². The second-order valence-electron chi connectivity index (χ2n) is 6.42. The average Bonchev–Trinajstić information content (AvgIpc) is 3.43. The van der Waals surface area contributed by atoms with Crippen molar-refractivity contribution < 1.29 is 14.3 Å². The third-order valence-electron chi connectivity index (χ3n) is 4.61. The molecule has 1 amide bonds. The molecule has 0 fully saturated rings. The van der Waals surface area contributed by atoms with Gasteiger partial charge in [-0.1, -0.05) is 24.3 Å². The monoisotopic (exact) mass is 390 g/mol. The average molecular weight is 390 g/mol. The van der Waals surface area contributed by atoms with Gasteiger partial charge in [0.15, 0.2) is 0 Å². The summed E-state index contributed by atoms with van der Waals surface area (Å²) in [4.78, 5) is 28.3. The van der Waals surface area contributed by atoms with Crippen LogP contribution in [0.5, 0.6) is 0 Å². The van der Waals surface area contributed by atoms with Crippen LogP contribution in [0.4, 0.5) is 0 Å². The fraction of sp³-hybridized carbons (Fsp3) is 0.150. The number of esters is 1. The maximum absolute atomic E-state index is 12.8. The fourth-order valence-electron chi connectivity index (χ4n) is 3.17. The third kappa shape index (κ3) is 3.84. The molecule has 0 aliphatic rings. The van der Waals surface area contributed by atoms with Gasteiger partial charge in [-0.05, 0) is 40.3 Å². The SMILES string of the molecule is COC(=O)[C@@H](Cc1c[nH]c2ccccc12)NC(=O)c1cccc(-n2cnnn2)c1. The Labute approximate surface area is 165 Å². The first-order chi connectivity index (χ1) is 14.2. The van der Waals surface area contributed by atoms with E-state index >= 15 is 0 Å². The number of carbonyl (C=O) groups excluding carboxylic acids is 2. The number of H-pyrrole nitrogens is 1. The van der Waals surface area contributed by atoms with Crippen molar-refractivity contribution in [1.29, 1.82) is 0 Å². The standard InChI is InChI=1S/C20H18N6O3/c1-29-20(28)18(10-14-11-21-17-8-3-2-7-16(14)17)23-19(27)13-5-4-6-15(9-13)26-12-22-24-25-26/h2-9,11-12,18,21H,10H2,1H3,(H,23,27)/t18-/m1/s1. The predicted octanol–water partition coefficient (Wildman–Crippen LogP) is 1.66. The lowest BCUT2D eigenvalue weighted by molar-refractivity contribution is -0.142. The van der Waals surface area contributed by atoms with Gasteiger partial charge in [0.1, 0.15) is 12.4 Å². The summed E-state index contributed by atoms with van der Waals surface area (Å²) < 4.78 is 6.34. The van der Waals surface area contributed by atoms with Gasteiger partial charge in [0, 0.05) is 29.1 Å². The summed E-state index contributed by atoms with van der Waals surface area (Å²) in [6.45, 7) is 0. The smallest absolute Gasteiger partial charge is 0.328 e. The van der Waals surface area contributed by atoms with E-state index in [0.717, 1.165) is 16.5 Å². The topological polar surface area (TPSA) is 115 Å². The molecule has 0 saturated heterocycles. The summed E-state index contributed by atoms with van der Waals surface area (Å²) in [5.74, 6) is -0.907. The lowest BCUT2D eigenvalue weighted by atomic mass is 10.0. The van der Waals surface area contributed by atoms with Crippen LogP contribution in [0.3, 0.4) is 0 Å². The van der Waals surface area contributed by atoms with Gasteiger partial charge in [-0.3, -0.25) is 4.79 Å². The molecule has 1 atom stereocenters. The summed E-state index contributed by atoms with van der Waals surface area (Å²) in [5, 5.41) is 14.8. The maximum Gasteiger partial charge on any atom is 0.328 e. The number of hydrogen-bond acceptors (Lipinski definition) is 6.